The van der Waals surface area contributed by atoms with Gasteiger partial charge >= 0.3 is 32.7 Å². The van der Waals surface area contributed by atoms with Gasteiger partial charge in [0.05, 0.1) is 11.4 Å². The Hall–Kier alpha value is -6.98. The van der Waals surface area contributed by atoms with Gasteiger partial charge in [-0.05, 0) is 74.3 Å². The van der Waals surface area contributed by atoms with Crippen molar-refractivity contribution in [3.63, 3.8) is 0 Å². The molecule has 9 aromatic carbocycles. The first kappa shape index (κ1) is 57.7. The molecule has 0 atom stereocenters. The zero-order valence-electron chi connectivity index (χ0n) is 46.6. The van der Waals surface area contributed by atoms with Crippen LogP contribution in [-0.2, 0) is 32.7 Å². The molecule has 0 aliphatic heterocycles. The van der Waals surface area contributed by atoms with Gasteiger partial charge in [0.15, 0.2) is 0 Å². The molecule has 77 heavy (non-hydrogen) atoms. The molecule has 0 bridgehead atoms. The number of benzene rings is 9. The summed E-state index contributed by atoms with van der Waals surface area (Å²) < 4.78 is 4.82. The molecule has 0 saturated carbocycles. The van der Waals surface area contributed by atoms with Crippen LogP contribution in [-0.4, -0.2) is 57.1 Å². The minimum atomic E-state index is -1.11. The third-order valence-corrected chi connectivity index (χ3v) is 17.9. The summed E-state index contributed by atoms with van der Waals surface area (Å²) in [6.45, 7) is 15.9. The SMILES string of the molecule is CN(C)c1ccc2ccccc2c1-c1c(N=Cc2ccc[n-]2)ccc2ccccc12.CN(C)c1ccc2ccccc2c1-c1c(N=Cc2ccc[n-]2)ccc2ccccc12.C[Si](C)(C)[N-][Si](C)(C)C.Cc1ccccc1.[Y+3]. The number of aryl methyl sites for hydroxylation is 1. The summed E-state index contributed by atoms with van der Waals surface area (Å²) in [7, 11) is 6.16. The number of aliphatic imine (C=N–C) groups is 2. The van der Waals surface area contributed by atoms with Crippen LogP contribution < -0.4 is 19.8 Å². The third-order valence-electron chi connectivity index (χ3n) is 12.5. The van der Waals surface area contributed by atoms with E-state index in [9.17, 15) is 0 Å². The van der Waals surface area contributed by atoms with Crippen LogP contribution in [0, 0.1) is 6.92 Å². The van der Waals surface area contributed by atoms with Crippen LogP contribution in [0.3, 0.4) is 0 Å². The molecular formula is C67H70N7Si2Y. The maximum Gasteiger partial charge on any atom is 3.00 e. The Balaban J connectivity index is 0.000000173. The molecule has 0 saturated heterocycles. The van der Waals surface area contributed by atoms with Crippen molar-refractivity contribution in [1.82, 2.24) is 9.97 Å². The van der Waals surface area contributed by atoms with Crippen molar-refractivity contribution in [2.24, 2.45) is 9.98 Å². The molecule has 7 nitrogen and oxygen atoms in total. The van der Waals surface area contributed by atoms with Crippen LogP contribution in [0.5, 0.6) is 0 Å². The molecular weight excluding hydrogens is 1050 g/mol. The molecule has 2 heterocycles. The second-order valence-corrected chi connectivity index (χ2v) is 30.8. The van der Waals surface area contributed by atoms with Gasteiger partial charge in [-0.2, -0.15) is 12.4 Å². The van der Waals surface area contributed by atoms with E-state index in [4.69, 9.17) is 14.6 Å². The number of fused-ring (bicyclic) bond motifs is 4. The van der Waals surface area contributed by atoms with E-state index < -0.39 is 16.5 Å². The maximum atomic E-state index is 4.88. The van der Waals surface area contributed by atoms with Crippen LogP contribution in [0.25, 0.3) is 70.0 Å². The first-order valence-corrected chi connectivity index (χ1v) is 32.9. The second-order valence-electron chi connectivity index (χ2n) is 21.3. The summed E-state index contributed by atoms with van der Waals surface area (Å²) in [6, 6.07) is 69.5. The van der Waals surface area contributed by atoms with Crippen molar-refractivity contribution in [3.05, 3.63) is 234 Å². The number of rotatable bonds is 10. The van der Waals surface area contributed by atoms with Gasteiger partial charge in [-0.3, -0.25) is 9.98 Å². The molecule has 11 rings (SSSR count). The minimum Gasteiger partial charge on any atom is -0.668 e. The van der Waals surface area contributed by atoms with Crippen LogP contribution in [0.1, 0.15) is 17.0 Å². The molecule has 384 valence electrons. The van der Waals surface area contributed by atoms with Crippen molar-refractivity contribution >= 4 is 94.7 Å². The van der Waals surface area contributed by atoms with E-state index >= 15 is 0 Å². The van der Waals surface area contributed by atoms with Crippen LogP contribution in [0.2, 0.25) is 39.3 Å². The Morgan fingerprint density at radius 1 is 0.377 bits per heavy atom. The zero-order chi connectivity index (χ0) is 53.8. The Morgan fingerprint density at radius 3 is 0.987 bits per heavy atom. The summed E-state index contributed by atoms with van der Waals surface area (Å²) in [5.74, 6) is 0. The average Bonchev–Trinajstić information content (AvgIpc) is 4.17. The van der Waals surface area contributed by atoms with Crippen LogP contribution in [0.4, 0.5) is 22.7 Å². The van der Waals surface area contributed by atoms with Gasteiger partial charge in [0.25, 0.3) is 0 Å². The molecule has 2 aromatic heterocycles. The van der Waals surface area contributed by atoms with Crippen molar-refractivity contribution in [2.75, 3.05) is 38.0 Å². The Kier molecular flexibility index (Phi) is 19.8. The van der Waals surface area contributed by atoms with Gasteiger partial charge in [-0.1, -0.05) is 237 Å². The summed E-state index contributed by atoms with van der Waals surface area (Å²) >= 11 is 0. The standard InChI is InChI=1S/2C27H22N3.C7H8.C6H18NSi2.Y/c2*1-30(2)25-16-14-20-9-4-6-12-23(20)27(25)26-22-11-5-3-8-19(22)13-15-24(26)29-18-21-10-7-17-28-21;1-7-5-3-2-4-6-7;1-8(2,3)7-9(4,5)6;/h2*3-18H,1-2H3;2-6H,1H3;1-6H3;/q2*-1;;-1;+3. The molecule has 0 radical (unpaired) electrons. The second kappa shape index (κ2) is 26.4. The average molecular weight is 1120 g/mol. The van der Waals surface area contributed by atoms with Gasteiger partial charge in [0.1, 0.15) is 0 Å². The summed E-state index contributed by atoms with van der Waals surface area (Å²) in [6.07, 6.45) is 7.26. The quantitative estimate of drug-likeness (QED) is 0.101. The van der Waals surface area contributed by atoms with E-state index in [0.717, 1.165) is 33.9 Å². The number of anilines is 2. The fraction of sp³-hybridized carbons (Fsp3) is 0.164. The number of hydrogen-bond acceptors (Lipinski definition) is 4. The zero-order valence-corrected chi connectivity index (χ0v) is 51.4. The van der Waals surface area contributed by atoms with Crippen molar-refractivity contribution in [1.29, 1.82) is 0 Å². The Bertz CT molecular complexity index is 3500. The molecule has 0 aliphatic rings. The summed E-state index contributed by atoms with van der Waals surface area (Å²) in [4.78, 5) is 22.8. The van der Waals surface area contributed by atoms with Gasteiger partial charge in [-0.15, -0.1) is 11.4 Å². The fourth-order valence-corrected chi connectivity index (χ4v) is 17.7. The molecule has 10 heteroatoms. The van der Waals surface area contributed by atoms with Crippen molar-refractivity contribution < 1.29 is 32.7 Å². The van der Waals surface area contributed by atoms with E-state index in [2.05, 4.69) is 252 Å². The first-order valence-electron chi connectivity index (χ1n) is 26.0. The third kappa shape index (κ3) is 15.2. The monoisotopic (exact) mass is 1120 g/mol. The predicted octanol–water partition coefficient (Wildman–Crippen LogP) is 17.9. The molecule has 0 spiro atoms. The van der Waals surface area contributed by atoms with Crippen LogP contribution in [0.15, 0.2) is 223 Å². The van der Waals surface area contributed by atoms with Gasteiger partial charge in [0.2, 0.25) is 0 Å². The van der Waals surface area contributed by atoms with Gasteiger partial charge < -0.3 is 24.4 Å². The molecule has 0 amide bonds. The van der Waals surface area contributed by atoms with Crippen molar-refractivity contribution in [3.8, 4) is 22.3 Å². The van der Waals surface area contributed by atoms with E-state index in [0.29, 0.717) is 0 Å². The van der Waals surface area contributed by atoms with Crippen molar-refractivity contribution in [2.45, 2.75) is 46.2 Å². The van der Waals surface area contributed by atoms with E-state index in [1.165, 1.54) is 71.2 Å². The topological polar surface area (TPSA) is 73.5 Å². The molecule has 11 aromatic rings. The van der Waals surface area contributed by atoms with Crippen LogP contribution >= 0.6 is 0 Å². The van der Waals surface area contributed by atoms with Gasteiger partial charge in [-0.25, -0.2) is 0 Å². The smallest absolute Gasteiger partial charge is 0.668 e. The molecule has 0 fully saturated rings. The molecule has 0 N–H and O–H groups in total. The largest absolute Gasteiger partial charge is 3.00 e. The molecule has 0 unspecified atom stereocenters. The number of hydrogen-bond donors (Lipinski definition) is 0. The Labute approximate surface area is 484 Å². The molecule has 0 aliphatic carbocycles. The number of aromatic nitrogens is 2. The van der Waals surface area contributed by atoms with E-state index in [-0.39, 0.29) is 32.7 Å². The number of nitrogens with zero attached hydrogens (tertiary/aromatic N) is 7. The Morgan fingerprint density at radius 2 is 0.701 bits per heavy atom. The summed E-state index contributed by atoms with van der Waals surface area (Å²) in [5.41, 5.74) is 12.0. The normalized spacial score (nSPS) is 11.4. The van der Waals surface area contributed by atoms with Gasteiger partial charge in [0, 0.05) is 74.2 Å². The first-order chi connectivity index (χ1) is 36.5. The fourth-order valence-electron chi connectivity index (χ4n) is 9.64. The predicted molar refractivity (Wildman–Crippen MR) is 338 cm³/mol. The van der Waals surface area contributed by atoms with E-state index in [1.54, 1.807) is 12.4 Å². The minimum absolute atomic E-state index is 0. The maximum absolute atomic E-state index is 4.88. The summed E-state index contributed by atoms with van der Waals surface area (Å²) in [5, 5.41) is 9.69. The van der Waals surface area contributed by atoms with E-state index in [1.807, 2.05) is 54.9 Å².